The van der Waals surface area contributed by atoms with Crippen LogP contribution in [0.4, 0.5) is 4.79 Å². The van der Waals surface area contributed by atoms with E-state index in [1.165, 1.54) is 18.3 Å². The number of carbonyl (C=O) groups is 6. The summed E-state index contributed by atoms with van der Waals surface area (Å²) in [6.07, 6.45) is 11.3. The van der Waals surface area contributed by atoms with E-state index in [1.807, 2.05) is 42.5 Å². The second-order valence-corrected chi connectivity index (χ2v) is 15.8. The molecule has 328 valence electrons. The molecule has 2 heterocycles. The summed E-state index contributed by atoms with van der Waals surface area (Å²) < 4.78 is 0. The first-order valence-corrected chi connectivity index (χ1v) is 21.0. The van der Waals surface area contributed by atoms with Gasteiger partial charge in [-0.25, -0.2) is 14.8 Å². The van der Waals surface area contributed by atoms with Gasteiger partial charge >= 0.3 is 6.03 Å². The number of urea groups is 1. The van der Waals surface area contributed by atoms with E-state index in [9.17, 15) is 28.8 Å². The highest BCUT2D eigenvalue weighted by molar-refractivity contribution is 5.96. The molecule has 0 spiro atoms. The molecule has 7 amide bonds. The number of nitrogens with one attached hydrogen (secondary N) is 7. The topological polar surface area (TPSA) is 288 Å². The summed E-state index contributed by atoms with van der Waals surface area (Å²) in [5.74, 6) is -3.17. The van der Waals surface area contributed by atoms with Crippen molar-refractivity contribution in [2.24, 2.45) is 23.1 Å². The summed E-state index contributed by atoms with van der Waals surface area (Å²) in [4.78, 5) is 91.7. The zero-order chi connectivity index (χ0) is 43.7. The highest BCUT2D eigenvalue weighted by atomic mass is 16.2. The van der Waals surface area contributed by atoms with E-state index < -0.39 is 65.8 Å². The smallest absolute Gasteiger partial charge is 0.336 e. The van der Waals surface area contributed by atoms with Crippen LogP contribution in [0.25, 0.3) is 10.9 Å². The summed E-state index contributed by atoms with van der Waals surface area (Å²) in [5, 5.41) is 13.0. The maximum absolute atomic E-state index is 14.4. The molecule has 0 bridgehead atoms. The monoisotopic (exact) mass is 840 g/mol. The van der Waals surface area contributed by atoms with Crippen molar-refractivity contribution in [2.75, 3.05) is 13.1 Å². The molecule has 13 N–H and O–H groups in total. The minimum Gasteiger partial charge on any atom is -0.368 e. The number of imidazole rings is 1. The van der Waals surface area contributed by atoms with Crippen molar-refractivity contribution in [3.8, 4) is 0 Å². The molecule has 1 fully saturated rings. The van der Waals surface area contributed by atoms with Crippen molar-refractivity contribution in [3.05, 3.63) is 90.1 Å². The van der Waals surface area contributed by atoms with Gasteiger partial charge in [0.05, 0.1) is 12.4 Å². The second-order valence-electron chi connectivity index (χ2n) is 15.8. The Balaban J connectivity index is 1.34. The largest absolute Gasteiger partial charge is 0.368 e. The SMILES string of the molecule is C[C@H](NC(=O)N(CC1CCCCC1)NC(=O)[C@@H](N)Cc1cnc[nH]1)C(=O)N[C@@H](Cc1c[nH]c2ccccc12)C(=O)N[C@H](Cc1ccccc1)C(=O)N[C@@H](CCCCN)C(N)=O. The molecule has 5 atom stereocenters. The van der Waals surface area contributed by atoms with Crippen molar-refractivity contribution < 1.29 is 28.8 Å². The van der Waals surface area contributed by atoms with Crippen LogP contribution in [0, 0.1) is 5.92 Å². The fourth-order valence-electron chi connectivity index (χ4n) is 7.49. The Kier molecular flexibility index (Phi) is 17.2. The summed E-state index contributed by atoms with van der Waals surface area (Å²) in [7, 11) is 0. The number of amides is 7. The molecule has 1 aliphatic rings. The zero-order valence-electron chi connectivity index (χ0n) is 34.7. The van der Waals surface area contributed by atoms with Crippen LogP contribution in [-0.2, 0) is 43.2 Å². The molecule has 1 aliphatic carbocycles. The summed E-state index contributed by atoms with van der Waals surface area (Å²) in [6, 6.07) is 10.3. The number of carbonyl (C=O) groups excluding carboxylic acids is 6. The van der Waals surface area contributed by atoms with Gasteiger partial charge < -0.3 is 48.4 Å². The molecule has 0 saturated heterocycles. The Labute approximate surface area is 355 Å². The van der Waals surface area contributed by atoms with Crippen LogP contribution in [0.5, 0.6) is 0 Å². The molecule has 0 aliphatic heterocycles. The number of aromatic amines is 2. The van der Waals surface area contributed by atoms with E-state index >= 15 is 0 Å². The average Bonchev–Trinajstić information content (AvgIpc) is 3.93. The molecule has 61 heavy (non-hydrogen) atoms. The first-order chi connectivity index (χ1) is 29.4. The zero-order valence-corrected chi connectivity index (χ0v) is 34.7. The normalized spacial score (nSPS) is 15.4. The minimum atomic E-state index is -1.23. The van der Waals surface area contributed by atoms with Crippen LogP contribution in [0.2, 0.25) is 0 Å². The number of H-pyrrole nitrogens is 2. The van der Waals surface area contributed by atoms with Gasteiger partial charge in [-0.2, -0.15) is 0 Å². The molecule has 2 aromatic heterocycles. The van der Waals surface area contributed by atoms with E-state index in [-0.39, 0.29) is 38.1 Å². The Morgan fingerprint density at radius 2 is 1.46 bits per heavy atom. The fourth-order valence-corrected chi connectivity index (χ4v) is 7.49. The number of aromatic nitrogens is 3. The van der Waals surface area contributed by atoms with Crippen LogP contribution in [0.15, 0.2) is 73.3 Å². The predicted molar refractivity (Wildman–Crippen MR) is 230 cm³/mol. The summed E-state index contributed by atoms with van der Waals surface area (Å²) >= 11 is 0. The number of nitrogens with zero attached hydrogens (tertiary/aromatic N) is 2. The van der Waals surface area contributed by atoms with Crippen LogP contribution < -0.4 is 43.9 Å². The number of nitrogens with two attached hydrogens (primary N) is 3. The van der Waals surface area contributed by atoms with Crippen molar-refractivity contribution >= 4 is 46.5 Å². The molecule has 0 unspecified atom stereocenters. The van der Waals surface area contributed by atoms with Gasteiger partial charge in [0.15, 0.2) is 0 Å². The van der Waals surface area contributed by atoms with E-state index in [1.54, 1.807) is 24.5 Å². The number of unbranched alkanes of at least 4 members (excludes halogenated alkanes) is 1. The number of hydrogen-bond acceptors (Lipinski definition) is 9. The minimum absolute atomic E-state index is 0.0169. The van der Waals surface area contributed by atoms with Crippen molar-refractivity contribution in [3.63, 3.8) is 0 Å². The van der Waals surface area contributed by atoms with Gasteiger partial charge in [-0.05, 0) is 68.7 Å². The second kappa shape index (κ2) is 22.9. The highest BCUT2D eigenvalue weighted by Gasteiger charge is 2.32. The van der Waals surface area contributed by atoms with E-state index in [4.69, 9.17) is 17.2 Å². The first kappa shape index (κ1) is 45.8. The van der Waals surface area contributed by atoms with Crippen LogP contribution in [-0.4, -0.2) is 98.8 Å². The van der Waals surface area contributed by atoms with Gasteiger partial charge in [0.25, 0.3) is 5.91 Å². The maximum atomic E-state index is 14.4. The molecule has 18 nitrogen and oxygen atoms in total. The Morgan fingerprint density at radius 3 is 2.15 bits per heavy atom. The van der Waals surface area contributed by atoms with Gasteiger partial charge in [-0.1, -0.05) is 67.8 Å². The van der Waals surface area contributed by atoms with Crippen molar-refractivity contribution in [1.29, 1.82) is 0 Å². The van der Waals surface area contributed by atoms with Gasteiger partial charge in [0, 0.05) is 54.8 Å². The molecule has 2 aromatic carbocycles. The number of hydrazine groups is 1. The van der Waals surface area contributed by atoms with E-state index in [0.29, 0.717) is 25.1 Å². The number of para-hydroxylation sites is 1. The summed E-state index contributed by atoms with van der Waals surface area (Å²) in [6.45, 7) is 2.09. The van der Waals surface area contributed by atoms with Gasteiger partial charge in [0.1, 0.15) is 24.2 Å². The fraction of sp³-hybridized carbons (Fsp3) is 0.465. The van der Waals surface area contributed by atoms with Gasteiger partial charge in [-0.15, -0.1) is 0 Å². The third-order valence-corrected chi connectivity index (χ3v) is 11.0. The third kappa shape index (κ3) is 13.9. The Morgan fingerprint density at radius 1 is 0.787 bits per heavy atom. The number of benzene rings is 2. The van der Waals surface area contributed by atoms with E-state index in [0.717, 1.165) is 54.1 Å². The third-order valence-electron chi connectivity index (χ3n) is 11.0. The Hall–Kier alpha value is -6.27. The lowest BCUT2D eigenvalue weighted by atomic mass is 9.89. The Bertz CT molecular complexity index is 2050. The number of hydrogen-bond donors (Lipinski definition) is 10. The molecule has 1 saturated carbocycles. The average molecular weight is 841 g/mol. The molecule has 18 heteroatoms. The summed E-state index contributed by atoms with van der Waals surface area (Å²) in [5.41, 5.74) is 23.1. The lowest BCUT2D eigenvalue weighted by Crippen LogP contribution is -2.61. The van der Waals surface area contributed by atoms with Gasteiger partial charge in [0.2, 0.25) is 23.6 Å². The van der Waals surface area contributed by atoms with Gasteiger partial charge in [-0.3, -0.25) is 29.4 Å². The van der Waals surface area contributed by atoms with Crippen molar-refractivity contribution in [1.82, 2.24) is 46.7 Å². The van der Waals surface area contributed by atoms with Crippen LogP contribution in [0.3, 0.4) is 0 Å². The number of rotatable bonds is 21. The first-order valence-electron chi connectivity index (χ1n) is 21.0. The van der Waals surface area contributed by atoms with Crippen LogP contribution >= 0.6 is 0 Å². The number of fused-ring (bicyclic) bond motifs is 1. The number of primary amides is 1. The quantitative estimate of drug-likeness (QED) is 0.0427. The molecule has 0 radical (unpaired) electrons. The molecular weight excluding hydrogens is 781 g/mol. The lowest BCUT2D eigenvalue weighted by molar-refractivity contribution is -0.133. The molecular formula is C43H60N12O6. The highest BCUT2D eigenvalue weighted by Crippen LogP contribution is 2.24. The maximum Gasteiger partial charge on any atom is 0.336 e. The van der Waals surface area contributed by atoms with Crippen LogP contribution in [0.1, 0.15) is 75.1 Å². The molecule has 5 rings (SSSR count). The standard InChI is InChI=1S/C43H60N12O6/c1-27(50-43(61)55(25-29-14-6-3-7-15-29)54-40(58)33(45)22-31-24-47-26-49-31)39(57)52-37(21-30-23-48-34-17-9-8-16-32(30)34)42(60)53-36(20-28-12-4-2-5-13-28)41(59)51-35(38(46)56)18-10-11-19-44/h2,4-5,8-9,12-13,16-17,23-24,26-27,29,33,35-37,48H,3,6-7,10-11,14-15,18-22,25,44-45H2,1H3,(H2,46,56)(H,47,49)(H,50,61)(H,51,59)(H,52,57)(H,53,60)(H,54,58)/t27-,33-,35-,36+,37-/m0/s1. The molecule has 4 aromatic rings. The lowest BCUT2D eigenvalue weighted by Gasteiger charge is -2.31. The van der Waals surface area contributed by atoms with E-state index in [2.05, 4.69) is 41.6 Å². The van der Waals surface area contributed by atoms with Crippen molar-refractivity contribution in [2.45, 2.75) is 108 Å². The predicted octanol–water partition coefficient (Wildman–Crippen LogP) is 1.33.